The van der Waals surface area contributed by atoms with Crippen molar-refractivity contribution in [3.05, 3.63) is 30.1 Å². The molecule has 2 aromatic heterocycles. The van der Waals surface area contributed by atoms with Crippen LogP contribution in [-0.2, 0) is 14.3 Å². The molecule has 0 aromatic carbocycles. The van der Waals surface area contributed by atoms with Crippen molar-refractivity contribution < 1.29 is 19.1 Å². The molecular formula is C14H16N2O4S. The normalized spacial score (nSPS) is 10.6. The summed E-state index contributed by atoms with van der Waals surface area (Å²) >= 11 is 1.21. The van der Waals surface area contributed by atoms with Gasteiger partial charge in [0, 0.05) is 6.20 Å². The molecule has 0 aliphatic rings. The molecule has 0 bridgehead atoms. The molecule has 0 amide bonds. The molecule has 0 spiro atoms. The highest BCUT2D eigenvalue weighted by molar-refractivity contribution is 8.00. The molecule has 0 unspecified atom stereocenters. The lowest BCUT2D eigenvalue weighted by atomic mass is 10.5. The third-order valence-corrected chi connectivity index (χ3v) is 3.63. The lowest BCUT2D eigenvalue weighted by molar-refractivity contribution is -0.139. The zero-order chi connectivity index (χ0) is 15.2. The van der Waals surface area contributed by atoms with Crippen LogP contribution >= 0.6 is 11.8 Å². The number of aromatic nitrogens is 2. The van der Waals surface area contributed by atoms with Gasteiger partial charge in [-0.3, -0.25) is 9.20 Å². The summed E-state index contributed by atoms with van der Waals surface area (Å²) in [6.07, 6.45) is 1.79. The second-order valence-electron chi connectivity index (χ2n) is 4.01. The van der Waals surface area contributed by atoms with Crippen molar-refractivity contribution in [2.24, 2.45) is 0 Å². The van der Waals surface area contributed by atoms with Crippen LogP contribution in [0.3, 0.4) is 0 Å². The van der Waals surface area contributed by atoms with Crippen molar-refractivity contribution in [3.8, 4) is 0 Å². The predicted octanol–water partition coefficient (Wildman–Crippen LogP) is 2.17. The zero-order valence-electron chi connectivity index (χ0n) is 11.9. The van der Waals surface area contributed by atoms with Crippen LogP contribution < -0.4 is 0 Å². The zero-order valence-corrected chi connectivity index (χ0v) is 12.7. The number of esters is 2. The smallest absolute Gasteiger partial charge is 0.359 e. The number of carbonyl (C=O) groups excluding carboxylic acids is 2. The molecule has 0 fully saturated rings. The average molecular weight is 308 g/mol. The summed E-state index contributed by atoms with van der Waals surface area (Å²) in [4.78, 5) is 27.7. The van der Waals surface area contributed by atoms with Crippen LogP contribution in [0.1, 0.15) is 24.3 Å². The monoisotopic (exact) mass is 308 g/mol. The van der Waals surface area contributed by atoms with Crippen LogP contribution in [-0.4, -0.2) is 40.3 Å². The van der Waals surface area contributed by atoms with Gasteiger partial charge in [0.1, 0.15) is 10.7 Å². The molecule has 21 heavy (non-hydrogen) atoms. The maximum Gasteiger partial charge on any atom is 0.359 e. The maximum atomic E-state index is 12.0. The molecule has 2 rings (SSSR count). The number of fused-ring (bicyclic) bond motifs is 1. The van der Waals surface area contributed by atoms with Gasteiger partial charge in [0.25, 0.3) is 0 Å². The van der Waals surface area contributed by atoms with Crippen LogP contribution in [0.15, 0.2) is 29.4 Å². The van der Waals surface area contributed by atoms with Gasteiger partial charge >= 0.3 is 11.9 Å². The Kier molecular flexibility index (Phi) is 5.21. The Morgan fingerprint density at radius 2 is 2.00 bits per heavy atom. The van der Waals surface area contributed by atoms with Crippen molar-refractivity contribution in [2.45, 2.75) is 18.9 Å². The highest BCUT2D eigenvalue weighted by Gasteiger charge is 2.21. The Labute approximate surface area is 126 Å². The first-order valence-electron chi connectivity index (χ1n) is 6.60. The number of hydrogen-bond acceptors (Lipinski definition) is 6. The Hall–Kier alpha value is -2.02. The van der Waals surface area contributed by atoms with Gasteiger partial charge in [-0.2, -0.15) is 0 Å². The van der Waals surface area contributed by atoms with Crippen molar-refractivity contribution >= 4 is 29.3 Å². The fourth-order valence-corrected chi connectivity index (χ4v) is 2.67. The molecule has 0 N–H and O–H groups in total. The van der Waals surface area contributed by atoms with E-state index in [1.165, 1.54) is 11.8 Å². The minimum absolute atomic E-state index is 0.114. The van der Waals surface area contributed by atoms with E-state index in [9.17, 15) is 9.59 Å². The lowest BCUT2D eigenvalue weighted by Gasteiger charge is -2.04. The second kappa shape index (κ2) is 7.12. The lowest BCUT2D eigenvalue weighted by Crippen LogP contribution is -2.09. The number of nitrogens with zero attached hydrogens (tertiary/aromatic N) is 2. The summed E-state index contributed by atoms with van der Waals surface area (Å²) < 4.78 is 11.7. The van der Waals surface area contributed by atoms with E-state index >= 15 is 0 Å². The Morgan fingerprint density at radius 1 is 1.24 bits per heavy atom. The average Bonchev–Trinajstić information content (AvgIpc) is 2.84. The molecule has 0 aliphatic heterocycles. The third-order valence-electron chi connectivity index (χ3n) is 2.59. The summed E-state index contributed by atoms with van der Waals surface area (Å²) in [6, 6.07) is 5.45. The van der Waals surface area contributed by atoms with Gasteiger partial charge < -0.3 is 9.47 Å². The van der Waals surface area contributed by atoms with Crippen LogP contribution in [0.2, 0.25) is 0 Å². The number of ether oxygens (including phenoxy) is 2. The van der Waals surface area contributed by atoms with Crippen LogP contribution in [0.5, 0.6) is 0 Å². The minimum atomic E-state index is -0.493. The number of imidazole rings is 1. The van der Waals surface area contributed by atoms with E-state index in [1.807, 2.05) is 12.1 Å². The number of carbonyl (C=O) groups is 2. The van der Waals surface area contributed by atoms with Gasteiger partial charge in [-0.15, -0.1) is 0 Å². The fraction of sp³-hybridized carbons (Fsp3) is 0.357. The predicted molar refractivity (Wildman–Crippen MR) is 78.5 cm³/mol. The van der Waals surface area contributed by atoms with Gasteiger partial charge in [-0.25, -0.2) is 9.78 Å². The molecular weight excluding hydrogens is 292 g/mol. The summed E-state index contributed by atoms with van der Waals surface area (Å²) in [5.41, 5.74) is 0.851. The fourth-order valence-electron chi connectivity index (χ4n) is 1.77. The Morgan fingerprint density at radius 3 is 2.71 bits per heavy atom. The topological polar surface area (TPSA) is 69.9 Å². The van der Waals surface area contributed by atoms with Crippen molar-refractivity contribution in [1.82, 2.24) is 9.38 Å². The molecule has 2 aromatic rings. The highest BCUT2D eigenvalue weighted by Crippen LogP contribution is 2.25. The largest absolute Gasteiger partial charge is 0.465 e. The first-order valence-corrected chi connectivity index (χ1v) is 7.58. The van der Waals surface area contributed by atoms with E-state index in [-0.39, 0.29) is 24.0 Å². The third kappa shape index (κ3) is 3.55. The van der Waals surface area contributed by atoms with E-state index in [1.54, 1.807) is 30.5 Å². The summed E-state index contributed by atoms with van der Waals surface area (Å²) in [5.74, 6) is -0.709. The SMILES string of the molecule is CCOC(=O)CSc1c(C(=O)OCC)nc2ccccn12. The first kappa shape index (κ1) is 15.4. The molecule has 0 atom stereocenters. The van der Waals surface area contributed by atoms with E-state index in [4.69, 9.17) is 9.47 Å². The summed E-state index contributed by atoms with van der Waals surface area (Å²) in [7, 11) is 0. The maximum absolute atomic E-state index is 12.0. The highest BCUT2D eigenvalue weighted by atomic mass is 32.2. The van der Waals surface area contributed by atoms with Gasteiger partial charge in [-0.1, -0.05) is 17.8 Å². The molecule has 112 valence electrons. The minimum Gasteiger partial charge on any atom is -0.465 e. The van der Waals surface area contributed by atoms with E-state index in [0.717, 1.165) is 0 Å². The summed E-state index contributed by atoms with van der Waals surface area (Å²) in [5, 5.41) is 0.581. The first-order chi connectivity index (χ1) is 10.2. The molecule has 0 saturated carbocycles. The van der Waals surface area contributed by atoms with Crippen LogP contribution in [0.25, 0.3) is 5.65 Å². The van der Waals surface area contributed by atoms with E-state index in [0.29, 0.717) is 17.3 Å². The van der Waals surface area contributed by atoms with Crippen LogP contribution in [0, 0.1) is 0 Å². The number of hydrogen-bond donors (Lipinski definition) is 0. The molecule has 7 heteroatoms. The molecule has 0 aliphatic carbocycles. The van der Waals surface area contributed by atoms with Crippen LogP contribution in [0.4, 0.5) is 0 Å². The molecule has 2 heterocycles. The second-order valence-corrected chi connectivity index (χ2v) is 4.97. The quantitative estimate of drug-likeness (QED) is 0.601. The molecule has 0 radical (unpaired) electrons. The molecule has 0 saturated heterocycles. The van der Waals surface area contributed by atoms with E-state index < -0.39 is 5.97 Å². The number of thioether (sulfide) groups is 1. The van der Waals surface area contributed by atoms with Gasteiger partial charge in [0.05, 0.1) is 19.0 Å². The van der Waals surface area contributed by atoms with E-state index in [2.05, 4.69) is 4.98 Å². The van der Waals surface area contributed by atoms with Crippen molar-refractivity contribution in [2.75, 3.05) is 19.0 Å². The van der Waals surface area contributed by atoms with Crippen molar-refractivity contribution in [3.63, 3.8) is 0 Å². The summed E-state index contributed by atoms with van der Waals surface area (Å²) in [6.45, 7) is 4.09. The number of rotatable bonds is 6. The van der Waals surface area contributed by atoms with Gasteiger partial charge in [0.2, 0.25) is 0 Å². The Balaban J connectivity index is 2.31. The molecule has 6 nitrogen and oxygen atoms in total. The standard InChI is InChI=1S/C14H16N2O4S/c1-3-19-11(17)9-21-13-12(14(18)20-4-2)15-10-7-5-6-8-16(10)13/h5-8H,3-4,9H2,1-2H3. The Bertz CT molecular complexity index is 653. The van der Waals surface area contributed by atoms with Gasteiger partial charge in [0.15, 0.2) is 5.69 Å². The van der Waals surface area contributed by atoms with Gasteiger partial charge in [-0.05, 0) is 26.0 Å². The van der Waals surface area contributed by atoms with Crippen molar-refractivity contribution in [1.29, 1.82) is 0 Å². The number of pyridine rings is 1.